The third-order valence-electron chi connectivity index (χ3n) is 12.2. The molecule has 0 unspecified atom stereocenters. The summed E-state index contributed by atoms with van der Waals surface area (Å²) in [5, 5.41) is 5.21. The number of carbonyl (C=O) groups excluding carboxylic acids is 4. The van der Waals surface area contributed by atoms with Gasteiger partial charge in [-0.1, -0.05) is 0 Å². The van der Waals surface area contributed by atoms with Gasteiger partial charge >= 0.3 is 12.2 Å². The van der Waals surface area contributed by atoms with E-state index < -0.39 is 24.3 Å². The molecule has 4 N–H and O–H groups in total. The van der Waals surface area contributed by atoms with Gasteiger partial charge in [0.25, 0.3) is 0 Å². The fourth-order valence-corrected chi connectivity index (χ4v) is 9.37. The molecular formula is C38H58N8O8. The Hall–Kier alpha value is -4.18. The zero-order chi connectivity index (χ0) is 38.2. The van der Waals surface area contributed by atoms with Crippen LogP contribution in [0.15, 0.2) is 12.4 Å². The van der Waals surface area contributed by atoms with E-state index in [1.807, 2.05) is 12.4 Å². The Kier molecular flexibility index (Phi) is 13.5. The van der Waals surface area contributed by atoms with Crippen LogP contribution >= 0.6 is 0 Å². The summed E-state index contributed by atoms with van der Waals surface area (Å²) >= 11 is 0. The fraction of sp³-hybridized carbons (Fsp3) is 0.737. The predicted molar refractivity (Wildman–Crippen MR) is 196 cm³/mol. The van der Waals surface area contributed by atoms with E-state index in [-0.39, 0.29) is 37.1 Å². The maximum atomic E-state index is 13.4. The Bertz CT molecular complexity index is 1450. The molecule has 0 bridgehead atoms. The first-order valence-corrected chi connectivity index (χ1v) is 19.6. The molecule has 4 amide bonds. The van der Waals surface area contributed by atoms with Gasteiger partial charge in [-0.05, 0) is 88.9 Å². The average molecular weight is 755 g/mol. The number of amides is 4. The summed E-state index contributed by atoms with van der Waals surface area (Å²) in [5.41, 5.74) is 2.30. The molecule has 2 aliphatic heterocycles. The predicted octanol–water partition coefficient (Wildman–Crippen LogP) is 4.45. The Morgan fingerprint density at radius 2 is 1.04 bits per heavy atom. The zero-order valence-corrected chi connectivity index (χ0v) is 32.1. The molecule has 4 aliphatic rings. The molecule has 0 aromatic carbocycles. The van der Waals surface area contributed by atoms with Crippen molar-refractivity contribution in [1.82, 2.24) is 40.4 Å². The molecule has 2 aliphatic carbocycles. The van der Waals surface area contributed by atoms with Crippen LogP contribution in [0.3, 0.4) is 0 Å². The lowest BCUT2D eigenvalue weighted by molar-refractivity contribution is -0.136. The van der Waals surface area contributed by atoms with Gasteiger partial charge in [-0.2, -0.15) is 0 Å². The first kappa shape index (κ1) is 39.5. The number of H-pyrrole nitrogens is 2. The van der Waals surface area contributed by atoms with Gasteiger partial charge in [-0.3, -0.25) is 9.59 Å². The number of hydrogen-bond acceptors (Lipinski definition) is 10. The number of imidazole rings is 2. The van der Waals surface area contributed by atoms with Crippen LogP contribution in [0.25, 0.3) is 0 Å². The van der Waals surface area contributed by atoms with E-state index in [2.05, 4.69) is 20.6 Å². The van der Waals surface area contributed by atoms with Crippen molar-refractivity contribution in [3.05, 3.63) is 35.4 Å². The van der Waals surface area contributed by atoms with Crippen LogP contribution < -0.4 is 10.6 Å². The van der Waals surface area contributed by atoms with E-state index in [1.165, 1.54) is 54.1 Å². The highest BCUT2D eigenvalue weighted by Crippen LogP contribution is 2.46. The first-order valence-electron chi connectivity index (χ1n) is 19.6. The number of alkyl carbamates (subject to hydrolysis) is 2. The third kappa shape index (κ3) is 9.02. The van der Waals surface area contributed by atoms with Gasteiger partial charge < -0.3 is 49.3 Å². The van der Waals surface area contributed by atoms with Gasteiger partial charge in [0.05, 0.1) is 39.5 Å². The van der Waals surface area contributed by atoms with Crippen molar-refractivity contribution in [2.45, 2.75) is 113 Å². The van der Waals surface area contributed by atoms with Crippen LogP contribution in [0, 0.1) is 11.8 Å². The minimum Gasteiger partial charge on any atom is -0.453 e. The molecule has 0 radical (unpaired) electrons. The van der Waals surface area contributed by atoms with Crippen LogP contribution in [0.4, 0.5) is 9.59 Å². The van der Waals surface area contributed by atoms with Gasteiger partial charge in [-0.15, -0.1) is 0 Å². The highest BCUT2D eigenvalue weighted by molar-refractivity contribution is 5.87. The number of nitrogens with one attached hydrogen (secondary N) is 4. The smallest absolute Gasteiger partial charge is 0.407 e. The van der Waals surface area contributed by atoms with Gasteiger partial charge in [0.1, 0.15) is 23.7 Å². The minimum absolute atomic E-state index is 0.0639. The number of likely N-dealkylation sites (tertiary alicyclic amines) is 2. The molecule has 4 atom stereocenters. The molecule has 16 nitrogen and oxygen atoms in total. The summed E-state index contributed by atoms with van der Waals surface area (Å²) in [6.45, 7) is 1.33. The summed E-state index contributed by atoms with van der Waals surface area (Å²) < 4.78 is 19.9. The Balaban J connectivity index is 0.980. The molecular weight excluding hydrogens is 696 g/mol. The van der Waals surface area contributed by atoms with Crippen LogP contribution in [0.2, 0.25) is 0 Å². The number of aromatic nitrogens is 4. The van der Waals surface area contributed by atoms with Crippen molar-refractivity contribution in [3.8, 4) is 0 Å². The van der Waals surface area contributed by atoms with Crippen molar-refractivity contribution in [3.63, 3.8) is 0 Å². The number of aromatic amines is 2. The van der Waals surface area contributed by atoms with E-state index in [4.69, 9.17) is 28.9 Å². The minimum atomic E-state index is -0.821. The molecule has 2 saturated heterocycles. The quantitative estimate of drug-likeness (QED) is 0.227. The van der Waals surface area contributed by atoms with Crippen molar-refractivity contribution in [2.24, 2.45) is 11.8 Å². The van der Waals surface area contributed by atoms with Gasteiger partial charge in [0.2, 0.25) is 11.8 Å². The molecule has 0 spiro atoms. The highest BCUT2D eigenvalue weighted by atomic mass is 16.5. The molecule has 2 aromatic heterocycles. The summed E-state index contributed by atoms with van der Waals surface area (Å²) in [7, 11) is 5.55. The van der Waals surface area contributed by atoms with Crippen molar-refractivity contribution in [1.29, 1.82) is 0 Å². The molecule has 4 heterocycles. The van der Waals surface area contributed by atoms with Gasteiger partial charge in [0, 0.05) is 62.9 Å². The molecule has 2 aromatic rings. The number of nitrogens with zero attached hydrogens (tertiary/aromatic N) is 4. The third-order valence-corrected chi connectivity index (χ3v) is 12.2. The summed E-state index contributed by atoms with van der Waals surface area (Å²) in [6, 6.07) is -1.96. The highest BCUT2D eigenvalue weighted by Gasteiger charge is 2.39. The Labute approximate surface area is 317 Å². The Morgan fingerprint density at radius 3 is 1.39 bits per heavy atom. The summed E-state index contributed by atoms with van der Waals surface area (Å²) in [4.78, 5) is 70.9. The number of ether oxygens (including phenoxy) is 4. The zero-order valence-electron chi connectivity index (χ0n) is 32.1. The topological polar surface area (TPSA) is 193 Å². The molecule has 6 rings (SSSR count). The number of hydrogen-bond donors (Lipinski definition) is 4. The van der Waals surface area contributed by atoms with E-state index in [9.17, 15) is 19.2 Å². The van der Waals surface area contributed by atoms with Crippen molar-refractivity contribution >= 4 is 24.0 Å². The SMILES string of the molecule is COC[C@H](NC(=O)OC)C(=O)N1CCC[C@H]1c1ncc(C2CCC(C3CCC(c4cnc([C@@H]5CCCN5C(=O)[C@@H](COC)NC(=O)OC)[nH]4)CC3)CC2)[nH]1. The van der Waals surface area contributed by atoms with Gasteiger partial charge in [-0.25, -0.2) is 19.6 Å². The van der Waals surface area contributed by atoms with E-state index in [0.717, 1.165) is 86.2 Å². The second-order valence-electron chi connectivity index (χ2n) is 15.3. The molecule has 54 heavy (non-hydrogen) atoms. The number of rotatable bonds is 13. The van der Waals surface area contributed by atoms with Crippen LogP contribution in [-0.4, -0.2) is 121 Å². The molecule has 16 heteroatoms. The van der Waals surface area contributed by atoms with Gasteiger partial charge in [0.15, 0.2) is 0 Å². The van der Waals surface area contributed by atoms with Crippen molar-refractivity contribution < 1.29 is 38.1 Å². The number of carbonyl (C=O) groups is 4. The summed E-state index contributed by atoms with van der Waals surface area (Å²) in [5.74, 6) is 3.54. The second kappa shape index (κ2) is 18.4. The van der Waals surface area contributed by atoms with Crippen LogP contribution in [0.1, 0.15) is 124 Å². The maximum Gasteiger partial charge on any atom is 0.407 e. The molecule has 2 saturated carbocycles. The lowest BCUT2D eigenvalue weighted by Gasteiger charge is -2.37. The van der Waals surface area contributed by atoms with E-state index >= 15 is 0 Å². The normalized spacial score (nSPS) is 27.0. The first-order chi connectivity index (χ1) is 26.2. The monoisotopic (exact) mass is 754 g/mol. The van der Waals surface area contributed by atoms with Crippen LogP contribution in [0.5, 0.6) is 0 Å². The van der Waals surface area contributed by atoms with E-state index in [1.54, 1.807) is 9.80 Å². The van der Waals surface area contributed by atoms with Crippen LogP contribution in [-0.2, 0) is 28.5 Å². The lowest BCUT2D eigenvalue weighted by Crippen LogP contribution is -2.50. The van der Waals surface area contributed by atoms with E-state index in [0.29, 0.717) is 24.9 Å². The lowest BCUT2D eigenvalue weighted by atomic mass is 9.68. The standard InChI is InChI=1S/C38H58N8O8/c1-51-21-29(43-37(49)53-3)35(47)45-17-5-7-31(45)33-39-19-27(41-33)25-13-9-23(10-14-25)24-11-15-26(16-12-24)28-20-40-34(42-28)32-8-6-18-46(32)36(48)30(22-52-2)44-38(50)54-4/h19-20,23-26,29-32H,5-18,21-22H2,1-4H3,(H,39,41)(H,40,42)(H,43,49)(H,44,50)/t23?,24?,25?,26?,29-,30+,31-,32-/m0/s1. The fourth-order valence-electron chi connectivity index (χ4n) is 9.37. The number of methoxy groups -OCH3 is 4. The average Bonchev–Trinajstić information content (AvgIpc) is 4.04. The largest absolute Gasteiger partial charge is 0.453 e. The maximum absolute atomic E-state index is 13.4. The second-order valence-corrected chi connectivity index (χ2v) is 15.3. The molecule has 4 fully saturated rings. The van der Waals surface area contributed by atoms with Crippen molar-refractivity contribution in [2.75, 3.05) is 54.7 Å². The summed E-state index contributed by atoms with van der Waals surface area (Å²) in [6.07, 6.45) is 15.3. The Morgan fingerprint density at radius 1 is 0.648 bits per heavy atom. The molecule has 298 valence electrons.